The van der Waals surface area contributed by atoms with Crippen LogP contribution >= 0.6 is 31.9 Å². The number of hydrogen-bond donors (Lipinski definition) is 1. The summed E-state index contributed by atoms with van der Waals surface area (Å²) in [7, 11) is 1.68. The van der Waals surface area contributed by atoms with Crippen molar-refractivity contribution in [1.82, 2.24) is 10.3 Å². The number of rotatable bonds is 6. The Morgan fingerprint density at radius 2 is 1.95 bits per heavy atom. The summed E-state index contributed by atoms with van der Waals surface area (Å²) in [4.78, 5) is 4.56. The van der Waals surface area contributed by atoms with E-state index in [9.17, 15) is 0 Å². The van der Waals surface area contributed by atoms with Crippen molar-refractivity contribution in [2.75, 3.05) is 13.7 Å². The van der Waals surface area contributed by atoms with E-state index < -0.39 is 0 Å². The van der Waals surface area contributed by atoms with Gasteiger partial charge in [0, 0.05) is 15.1 Å². The first-order valence-corrected chi connectivity index (χ1v) is 8.42. The smallest absolute Gasteiger partial charge is 0.118 e. The van der Waals surface area contributed by atoms with Crippen LogP contribution in [0.3, 0.4) is 0 Å². The number of aromatic nitrogens is 1. The Morgan fingerprint density at radius 1 is 1.24 bits per heavy atom. The summed E-state index contributed by atoms with van der Waals surface area (Å²) in [5, 5.41) is 3.55. The lowest BCUT2D eigenvalue weighted by Gasteiger charge is -2.20. The normalized spacial score (nSPS) is 12.2. The number of pyridine rings is 1. The lowest BCUT2D eigenvalue weighted by molar-refractivity contribution is 0.414. The van der Waals surface area contributed by atoms with Gasteiger partial charge in [0.25, 0.3) is 0 Å². The average Bonchev–Trinajstić information content (AvgIpc) is 2.50. The minimum absolute atomic E-state index is 0.0540. The van der Waals surface area contributed by atoms with Gasteiger partial charge in [-0.05, 0) is 68.6 Å². The predicted molar refractivity (Wildman–Crippen MR) is 92.8 cm³/mol. The van der Waals surface area contributed by atoms with Gasteiger partial charge in [0.2, 0.25) is 0 Å². The van der Waals surface area contributed by atoms with Gasteiger partial charge in [-0.25, -0.2) is 0 Å². The third-order valence-corrected chi connectivity index (χ3v) is 4.23. The summed E-state index contributed by atoms with van der Waals surface area (Å²) in [6.07, 6.45) is 2.89. The topological polar surface area (TPSA) is 34.1 Å². The van der Waals surface area contributed by atoms with Gasteiger partial charge < -0.3 is 10.1 Å². The minimum atomic E-state index is 0.0540. The predicted octanol–water partition coefficient (Wildman–Crippen LogP) is 4.70. The first kappa shape index (κ1) is 16.5. The van der Waals surface area contributed by atoms with Crippen molar-refractivity contribution >= 4 is 31.9 Å². The maximum atomic E-state index is 5.22. The number of methoxy groups -OCH3 is 1. The molecule has 0 amide bonds. The fourth-order valence-corrected chi connectivity index (χ4v) is 3.31. The quantitative estimate of drug-likeness (QED) is 0.744. The van der Waals surface area contributed by atoms with Gasteiger partial charge in [-0.3, -0.25) is 4.98 Å². The molecule has 1 heterocycles. The Hall–Kier alpha value is -0.910. The van der Waals surface area contributed by atoms with E-state index in [1.165, 1.54) is 5.56 Å². The zero-order valence-electron chi connectivity index (χ0n) is 12.1. The lowest BCUT2D eigenvalue weighted by Crippen LogP contribution is -2.24. The van der Waals surface area contributed by atoms with E-state index in [-0.39, 0.29) is 6.04 Å². The molecule has 0 aliphatic heterocycles. The number of nitrogens with one attached hydrogen (secondary N) is 1. The highest BCUT2D eigenvalue weighted by atomic mass is 79.9. The third-order valence-electron chi connectivity index (χ3n) is 3.16. The Morgan fingerprint density at radius 3 is 2.52 bits per heavy atom. The highest BCUT2D eigenvalue weighted by molar-refractivity contribution is 9.11. The second-order valence-corrected chi connectivity index (χ2v) is 6.45. The maximum absolute atomic E-state index is 5.22. The molecule has 2 aromatic rings. The molecule has 1 aromatic carbocycles. The number of benzene rings is 1. The third kappa shape index (κ3) is 4.28. The van der Waals surface area contributed by atoms with E-state index in [0.29, 0.717) is 0 Å². The first-order chi connectivity index (χ1) is 10.2. The maximum Gasteiger partial charge on any atom is 0.118 e. The Balaban J connectivity index is 2.36. The molecule has 1 N–H and O–H groups in total. The Kier molecular flexibility index (Phi) is 6.21. The van der Waals surface area contributed by atoms with E-state index in [1.807, 2.05) is 24.4 Å². The van der Waals surface area contributed by atoms with E-state index in [0.717, 1.165) is 33.4 Å². The number of nitrogens with zero attached hydrogens (tertiary/aromatic N) is 1. The second kappa shape index (κ2) is 7.92. The molecular formula is C16H18Br2N2O. The van der Waals surface area contributed by atoms with Gasteiger partial charge in [0.05, 0.1) is 18.8 Å². The first-order valence-electron chi connectivity index (χ1n) is 6.84. The molecule has 0 fully saturated rings. The van der Waals surface area contributed by atoms with E-state index >= 15 is 0 Å². The number of ether oxygens (including phenoxy) is 1. The lowest BCUT2D eigenvalue weighted by atomic mass is 10.0. The van der Waals surface area contributed by atoms with Gasteiger partial charge >= 0.3 is 0 Å². The molecule has 0 bridgehead atoms. The van der Waals surface area contributed by atoms with Crippen molar-refractivity contribution in [1.29, 1.82) is 0 Å². The van der Waals surface area contributed by atoms with Crippen molar-refractivity contribution in [3.63, 3.8) is 0 Å². The van der Waals surface area contributed by atoms with Crippen LogP contribution in [0.1, 0.15) is 30.6 Å². The molecule has 0 saturated carbocycles. The van der Waals surface area contributed by atoms with Crippen LogP contribution in [0.15, 0.2) is 45.5 Å². The zero-order valence-corrected chi connectivity index (χ0v) is 15.2. The summed E-state index contributed by atoms with van der Waals surface area (Å²) in [5.41, 5.74) is 2.15. The largest absolute Gasteiger partial charge is 0.497 e. The van der Waals surface area contributed by atoms with E-state index in [1.54, 1.807) is 7.11 Å². The second-order valence-electron chi connectivity index (χ2n) is 4.68. The molecule has 112 valence electrons. The van der Waals surface area contributed by atoms with E-state index in [2.05, 4.69) is 61.2 Å². The number of halogens is 2. The summed E-state index contributed by atoms with van der Waals surface area (Å²) < 4.78 is 7.17. The summed E-state index contributed by atoms with van der Waals surface area (Å²) in [5.74, 6) is 0.857. The molecule has 1 aromatic heterocycles. The summed E-state index contributed by atoms with van der Waals surface area (Å²) in [6, 6.07) is 10.2. The molecule has 21 heavy (non-hydrogen) atoms. The van der Waals surface area contributed by atoms with Crippen LogP contribution < -0.4 is 10.1 Å². The molecule has 0 aliphatic carbocycles. The van der Waals surface area contributed by atoms with Gasteiger partial charge in [0.1, 0.15) is 5.75 Å². The van der Waals surface area contributed by atoms with Crippen molar-refractivity contribution in [3.8, 4) is 5.75 Å². The van der Waals surface area contributed by atoms with Crippen LogP contribution in [-0.4, -0.2) is 18.6 Å². The molecule has 1 atom stereocenters. The van der Waals surface area contributed by atoms with Crippen molar-refractivity contribution in [3.05, 3.63) is 56.7 Å². The summed E-state index contributed by atoms with van der Waals surface area (Å²) >= 11 is 7.05. The zero-order chi connectivity index (χ0) is 15.2. The van der Waals surface area contributed by atoms with Crippen LogP contribution in [0, 0.1) is 0 Å². The highest BCUT2D eigenvalue weighted by Crippen LogP contribution is 2.29. The SMILES string of the molecule is CCCNC(c1ccc(OC)cc1)c1ncc(Br)cc1Br. The van der Waals surface area contributed by atoms with Crippen LogP contribution in [-0.2, 0) is 0 Å². The van der Waals surface area contributed by atoms with Gasteiger partial charge in [-0.2, -0.15) is 0 Å². The molecule has 1 unspecified atom stereocenters. The van der Waals surface area contributed by atoms with Crippen LogP contribution in [0.4, 0.5) is 0 Å². The van der Waals surface area contributed by atoms with Crippen molar-refractivity contribution in [2.24, 2.45) is 0 Å². The standard InChI is InChI=1S/C16H18Br2N2O/c1-3-8-19-15(11-4-6-13(21-2)7-5-11)16-14(18)9-12(17)10-20-16/h4-7,9-10,15,19H,3,8H2,1-2H3. The molecular weight excluding hydrogens is 396 g/mol. The molecule has 5 heteroatoms. The molecule has 2 rings (SSSR count). The molecule has 0 aliphatic rings. The minimum Gasteiger partial charge on any atom is -0.497 e. The number of hydrogen-bond acceptors (Lipinski definition) is 3. The average molecular weight is 414 g/mol. The van der Waals surface area contributed by atoms with Crippen molar-refractivity contribution < 1.29 is 4.74 Å². The molecule has 0 spiro atoms. The fraction of sp³-hybridized carbons (Fsp3) is 0.312. The molecule has 3 nitrogen and oxygen atoms in total. The van der Waals surface area contributed by atoms with Crippen LogP contribution in [0.25, 0.3) is 0 Å². The van der Waals surface area contributed by atoms with Crippen LogP contribution in [0.5, 0.6) is 5.75 Å². The monoisotopic (exact) mass is 412 g/mol. The van der Waals surface area contributed by atoms with Crippen LogP contribution in [0.2, 0.25) is 0 Å². The Labute approximate surface area is 142 Å². The van der Waals surface area contributed by atoms with Crippen molar-refractivity contribution in [2.45, 2.75) is 19.4 Å². The highest BCUT2D eigenvalue weighted by Gasteiger charge is 2.18. The van der Waals surface area contributed by atoms with E-state index in [4.69, 9.17) is 4.74 Å². The van der Waals surface area contributed by atoms with Gasteiger partial charge in [-0.15, -0.1) is 0 Å². The molecule has 0 saturated heterocycles. The van der Waals surface area contributed by atoms with Gasteiger partial charge in [0.15, 0.2) is 0 Å². The summed E-state index contributed by atoms with van der Waals surface area (Å²) in [6.45, 7) is 3.09. The Bertz CT molecular complexity index is 587. The molecule has 0 radical (unpaired) electrons. The van der Waals surface area contributed by atoms with Gasteiger partial charge in [-0.1, -0.05) is 19.1 Å². The fourth-order valence-electron chi connectivity index (χ4n) is 2.09.